The van der Waals surface area contributed by atoms with Crippen molar-refractivity contribution in [1.29, 1.82) is 0 Å². The van der Waals surface area contributed by atoms with E-state index in [1.807, 2.05) is 0 Å². The number of hydrogen-bond donors (Lipinski definition) is 0. The van der Waals surface area contributed by atoms with E-state index in [2.05, 4.69) is 86.1 Å². The van der Waals surface area contributed by atoms with Gasteiger partial charge in [-0.15, -0.1) is 0 Å². The Labute approximate surface area is 193 Å². The van der Waals surface area contributed by atoms with E-state index in [4.69, 9.17) is 0 Å². The molecule has 2 aromatic carbocycles. The molecular weight excluding hydrogens is 449 g/mol. The number of amides is 1. The van der Waals surface area contributed by atoms with Crippen molar-refractivity contribution < 1.29 is 4.79 Å². The van der Waals surface area contributed by atoms with Gasteiger partial charge < -0.3 is 0 Å². The van der Waals surface area contributed by atoms with Gasteiger partial charge in [0.15, 0.2) is 0 Å². The van der Waals surface area contributed by atoms with Crippen molar-refractivity contribution in [3.8, 4) is 0 Å². The average Bonchev–Trinajstić information content (AvgIpc) is 2.76. The number of carbonyl (C=O) groups is 1. The van der Waals surface area contributed by atoms with E-state index in [0.717, 1.165) is 44.5 Å². The van der Waals surface area contributed by atoms with E-state index in [1.165, 1.54) is 32.3 Å². The van der Waals surface area contributed by atoms with Crippen molar-refractivity contribution in [2.75, 3.05) is 50.6 Å². The molecular formula is C26H35N3OSe. The third kappa shape index (κ3) is 4.63. The Morgan fingerprint density at radius 2 is 1.77 bits per heavy atom. The number of carbonyl (C=O) groups excluding carboxylic acids is 1. The maximum atomic E-state index is 13.7. The first kappa shape index (κ1) is 22.2. The number of hydrogen-bond acceptors (Lipinski definition) is 3. The van der Waals surface area contributed by atoms with Gasteiger partial charge in [-0.05, 0) is 0 Å². The molecule has 1 saturated heterocycles. The number of benzene rings is 2. The number of likely N-dealkylation sites (tertiary alicyclic amines) is 1. The van der Waals surface area contributed by atoms with Crippen molar-refractivity contribution in [2.45, 2.75) is 44.9 Å². The van der Waals surface area contributed by atoms with Gasteiger partial charge >= 0.3 is 194 Å². The molecule has 4 nitrogen and oxygen atoms in total. The molecule has 2 aromatic rings. The van der Waals surface area contributed by atoms with Gasteiger partial charge in [-0.1, -0.05) is 0 Å². The molecule has 1 fully saturated rings. The fraction of sp³-hybridized carbons (Fsp3) is 0.500. The van der Waals surface area contributed by atoms with E-state index in [-0.39, 0.29) is 26.3 Å². The van der Waals surface area contributed by atoms with Crippen molar-refractivity contribution in [2.24, 2.45) is 0 Å². The zero-order valence-corrected chi connectivity index (χ0v) is 21.3. The summed E-state index contributed by atoms with van der Waals surface area (Å²) in [6, 6.07) is 13.3. The quantitative estimate of drug-likeness (QED) is 0.624. The second-order valence-corrected chi connectivity index (χ2v) is 12.1. The summed E-state index contributed by atoms with van der Waals surface area (Å²) in [5.41, 5.74) is 4.85. The van der Waals surface area contributed by atoms with Crippen LogP contribution in [0.3, 0.4) is 0 Å². The SMILES string of the molecule is CN(C)c1cccc([Se]c2cc3c(cc2C(=O)N2CCCCC2)C(C)(C)CCN3C)c1. The third-order valence-electron chi connectivity index (χ3n) is 6.75. The zero-order chi connectivity index (χ0) is 22.2. The van der Waals surface area contributed by atoms with Gasteiger partial charge in [0, 0.05) is 0 Å². The van der Waals surface area contributed by atoms with Gasteiger partial charge in [-0.25, -0.2) is 0 Å². The summed E-state index contributed by atoms with van der Waals surface area (Å²) < 4.78 is 2.52. The van der Waals surface area contributed by atoms with Crippen molar-refractivity contribution in [1.82, 2.24) is 4.90 Å². The standard InChI is InChI=1S/C26H35N3OSe/c1-26(2)12-15-28(5)23-18-24(31-20-11-9-10-19(16-20)27(3)4)21(17-22(23)26)25(30)29-13-7-6-8-14-29/h9-11,16-18H,6-8,12-15H2,1-5H3. The fourth-order valence-electron chi connectivity index (χ4n) is 4.60. The van der Waals surface area contributed by atoms with E-state index >= 15 is 0 Å². The Bertz CT molecular complexity index is 963. The van der Waals surface area contributed by atoms with Crippen LogP contribution in [0.5, 0.6) is 0 Å². The molecule has 2 aliphatic heterocycles. The van der Waals surface area contributed by atoms with E-state index in [1.54, 1.807) is 0 Å². The summed E-state index contributed by atoms with van der Waals surface area (Å²) >= 11 is 0.0737. The van der Waals surface area contributed by atoms with Gasteiger partial charge in [0.05, 0.1) is 0 Å². The van der Waals surface area contributed by atoms with Crippen LogP contribution in [0.2, 0.25) is 0 Å². The minimum absolute atomic E-state index is 0.0737. The molecule has 0 N–H and O–H groups in total. The number of nitrogens with zero attached hydrogens (tertiary/aromatic N) is 3. The molecule has 0 radical (unpaired) electrons. The molecule has 5 heteroatoms. The van der Waals surface area contributed by atoms with Gasteiger partial charge in [-0.2, -0.15) is 0 Å². The number of fused-ring (bicyclic) bond motifs is 1. The zero-order valence-electron chi connectivity index (χ0n) is 19.6. The Morgan fingerprint density at radius 1 is 1.03 bits per heavy atom. The molecule has 2 heterocycles. The molecule has 0 aromatic heterocycles. The van der Waals surface area contributed by atoms with Crippen molar-refractivity contribution in [3.05, 3.63) is 47.5 Å². The Kier molecular flexibility index (Phi) is 6.37. The first-order valence-electron chi connectivity index (χ1n) is 11.4. The van der Waals surface area contributed by atoms with Crippen LogP contribution in [-0.2, 0) is 5.41 Å². The fourth-order valence-corrected chi connectivity index (χ4v) is 6.71. The predicted molar refractivity (Wildman–Crippen MR) is 133 cm³/mol. The summed E-state index contributed by atoms with van der Waals surface area (Å²) in [5.74, 6) is 0.229. The van der Waals surface area contributed by atoms with Crippen LogP contribution >= 0.6 is 0 Å². The van der Waals surface area contributed by atoms with Gasteiger partial charge in [0.1, 0.15) is 0 Å². The summed E-state index contributed by atoms with van der Waals surface area (Å²) in [6.07, 6.45) is 4.59. The minimum atomic E-state index is 0.0737. The van der Waals surface area contributed by atoms with Crippen LogP contribution in [0, 0.1) is 0 Å². The van der Waals surface area contributed by atoms with Crippen molar-refractivity contribution in [3.63, 3.8) is 0 Å². The summed E-state index contributed by atoms with van der Waals surface area (Å²) in [4.78, 5) is 20.3. The van der Waals surface area contributed by atoms with Crippen LogP contribution in [0.4, 0.5) is 11.4 Å². The summed E-state index contributed by atoms with van der Waals surface area (Å²) in [7, 11) is 6.34. The predicted octanol–water partition coefficient (Wildman–Crippen LogP) is 3.15. The van der Waals surface area contributed by atoms with E-state index in [0.29, 0.717) is 0 Å². The number of rotatable bonds is 4. The van der Waals surface area contributed by atoms with Gasteiger partial charge in [-0.3, -0.25) is 0 Å². The molecule has 0 bridgehead atoms. The average molecular weight is 485 g/mol. The molecule has 0 aliphatic carbocycles. The van der Waals surface area contributed by atoms with Crippen molar-refractivity contribution >= 4 is 41.2 Å². The van der Waals surface area contributed by atoms with E-state index in [9.17, 15) is 4.79 Å². The molecule has 0 unspecified atom stereocenters. The molecule has 31 heavy (non-hydrogen) atoms. The number of anilines is 2. The first-order valence-corrected chi connectivity index (χ1v) is 13.1. The Hall–Kier alpha value is -1.97. The van der Waals surface area contributed by atoms with Crippen LogP contribution in [-0.4, -0.2) is 66.5 Å². The van der Waals surface area contributed by atoms with Crippen LogP contribution in [0.1, 0.15) is 55.5 Å². The van der Waals surface area contributed by atoms with Gasteiger partial charge in [0.25, 0.3) is 0 Å². The molecule has 0 spiro atoms. The first-order chi connectivity index (χ1) is 14.8. The van der Waals surface area contributed by atoms with Gasteiger partial charge in [0.2, 0.25) is 0 Å². The second kappa shape index (κ2) is 8.88. The van der Waals surface area contributed by atoms with Crippen LogP contribution in [0.25, 0.3) is 0 Å². The summed E-state index contributed by atoms with van der Waals surface area (Å²) in [5, 5.41) is 0. The molecule has 166 valence electrons. The number of piperidine rings is 1. The molecule has 1 amide bonds. The molecule has 0 saturated carbocycles. The molecule has 4 rings (SSSR count). The molecule has 0 atom stereocenters. The van der Waals surface area contributed by atoms with Crippen LogP contribution in [0.15, 0.2) is 36.4 Å². The molecule has 2 aliphatic rings. The topological polar surface area (TPSA) is 26.8 Å². The Balaban J connectivity index is 1.79. The maximum absolute atomic E-state index is 13.7. The van der Waals surface area contributed by atoms with E-state index < -0.39 is 0 Å². The normalized spacial score (nSPS) is 18.0. The monoisotopic (exact) mass is 485 g/mol. The van der Waals surface area contributed by atoms with Crippen LogP contribution < -0.4 is 18.7 Å². The Morgan fingerprint density at radius 3 is 2.48 bits per heavy atom. The third-order valence-corrected chi connectivity index (χ3v) is 8.94. The summed E-state index contributed by atoms with van der Waals surface area (Å²) in [6.45, 7) is 7.48. The second-order valence-electron chi connectivity index (χ2n) is 9.77.